The van der Waals surface area contributed by atoms with E-state index in [9.17, 15) is 5.11 Å². The average molecular weight is 279 g/mol. The van der Waals surface area contributed by atoms with E-state index in [0.29, 0.717) is 12.3 Å². The van der Waals surface area contributed by atoms with E-state index in [4.69, 9.17) is 0 Å². The number of imidazole rings is 1. The molecule has 2 aromatic carbocycles. The molecule has 0 aliphatic carbocycles. The lowest BCUT2D eigenvalue weighted by molar-refractivity contribution is 0.474. The lowest BCUT2D eigenvalue weighted by atomic mass is 10.1. The van der Waals surface area contributed by atoms with Gasteiger partial charge in [0.05, 0.1) is 6.33 Å². The van der Waals surface area contributed by atoms with Crippen molar-refractivity contribution in [1.29, 1.82) is 0 Å². The Kier molecular flexibility index (Phi) is 3.87. The topological polar surface area (TPSA) is 50.1 Å². The van der Waals surface area contributed by atoms with Gasteiger partial charge in [-0.2, -0.15) is 0 Å². The molecule has 0 saturated heterocycles. The molecule has 0 amide bonds. The van der Waals surface area contributed by atoms with Gasteiger partial charge in [0, 0.05) is 31.2 Å². The molecule has 1 aromatic heterocycles. The quantitative estimate of drug-likeness (QED) is 0.753. The molecule has 106 valence electrons. The maximum Gasteiger partial charge on any atom is 0.115 e. The van der Waals surface area contributed by atoms with Gasteiger partial charge in [0.25, 0.3) is 0 Å². The number of phenols is 1. The highest BCUT2D eigenvalue weighted by Crippen LogP contribution is 2.15. The molecule has 2 N–H and O–H groups in total. The van der Waals surface area contributed by atoms with E-state index >= 15 is 0 Å². The Labute approximate surface area is 123 Å². The first-order valence-electron chi connectivity index (χ1n) is 6.86. The fraction of sp³-hybridized carbons (Fsp3) is 0.118. The van der Waals surface area contributed by atoms with Crippen LogP contribution >= 0.6 is 0 Å². The number of hydrogen-bond donors (Lipinski definition) is 2. The van der Waals surface area contributed by atoms with Crippen molar-refractivity contribution in [3.05, 3.63) is 78.4 Å². The number of nitrogens with zero attached hydrogens (tertiary/aromatic N) is 2. The van der Waals surface area contributed by atoms with Gasteiger partial charge in [-0.05, 0) is 35.4 Å². The van der Waals surface area contributed by atoms with E-state index in [1.165, 1.54) is 5.56 Å². The summed E-state index contributed by atoms with van der Waals surface area (Å²) in [7, 11) is 0. The number of benzene rings is 2. The summed E-state index contributed by atoms with van der Waals surface area (Å²) in [5.74, 6) is 0.295. The molecule has 0 atom stereocenters. The smallest absolute Gasteiger partial charge is 0.115 e. The van der Waals surface area contributed by atoms with Crippen LogP contribution in [0.2, 0.25) is 0 Å². The molecule has 3 aromatic rings. The van der Waals surface area contributed by atoms with E-state index in [2.05, 4.69) is 22.4 Å². The van der Waals surface area contributed by atoms with Crippen LogP contribution in [-0.4, -0.2) is 14.7 Å². The second-order valence-corrected chi connectivity index (χ2v) is 4.96. The van der Waals surface area contributed by atoms with E-state index in [1.807, 2.05) is 41.4 Å². The van der Waals surface area contributed by atoms with Crippen molar-refractivity contribution < 1.29 is 5.11 Å². The molecule has 3 rings (SSSR count). The number of aromatic nitrogens is 2. The van der Waals surface area contributed by atoms with Crippen LogP contribution in [0.5, 0.6) is 5.75 Å². The Morgan fingerprint density at radius 1 is 1.05 bits per heavy atom. The summed E-state index contributed by atoms with van der Waals surface area (Å²) in [4.78, 5) is 4.05. The molecular weight excluding hydrogens is 262 g/mol. The van der Waals surface area contributed by atoms with Gasteiger partial charge < -0.3 is 15.0 Å². The third-order valence-corrected chi connectivity index (χ3v) is 3.26. The third kappa shape index (κ3) is 3.63. The Bertz CT molecular complexity index is 708. The molecule has 0 spiro atoms. The fourth-order valence-electron chi connectivity index (χ4n) is 2.24. The zero-order valence-corrected chi connectivity index (χ0v) is 11.6. The molecule has 0 fully saturated rings. The first-order valence-corrected chi connectivity index (χ1v) is 6.86. The first-order chi connectivity index (χ1) is 10.3. The number of anilines is 1. The van der Waals surface area contributed by atoms with Crippen molar-refractivity contribution in [3.8, 4) is 5.75 Å². The van der Waals surface area contributed by atoms with E-state index in [-0.39, 0.29) is 0 Å². The average Bonchev–Trinajstić information content (AvgIpc) is 2.99. The minimum atomic E-state index is 0.295. The van der Waals surface area contributed by atoms with Crippen LogP contribution in [-0.2, 0) is 13.1 Å². The predicted octanol–water partition coefficient (Wildman–Crippen LogP) is 3.25. The number of phenolic OH excluding ortho intramolecular Hbond substituents is 1. The van der Waals surface area contributed by atoms with Crippen molar-refractivity contribution >= 4 is 5.69 Å². The molecule has 0 aliphatic rings. The van der Waals surface area contributed by atoms with E-state index < -0.39 is 0 Å². The summed E-state index contributed by atoms with van der Waals surface area (Å²) in [5, 5.41) is 12.8. The minimum Gasteiger partial charge on any atom is -0.508 e. The second-order valence-electron chi connectivity index (χ2n) is 4.96. The Morgan fingerprint density at radius 3 is 2.71 bits per heavy atom. The fourth-order valence-corrected chi connectivity index (χ4v) is 2.24. The van der Waals surface area contributed by atoms with Crippen LogP contribution in [0.15, 0.2) is 67.3 Å². The van der Waals surface area contributed by atoms with Crippen molar-refractivity contribution in [1.82, 2.24) is 9.55 Å². The molecule has 4 heteroatoms. The van der Waals surface area contributed by atoms with Crippen LogP contribution in [0.3, 0.4) is 0 Å². The summed E-state index contributed by atoms with van der Waals surface area (Å²) in [6.45, 7) is 1.49. The monoisotopic (exact) mass is 279 g/mol. The van der Waals surface area contributed by atoms with E-state index in [0.717, 1.165) is 17.8 Å². The van der Waals surface area contributed by atoms with Crippen molar-refractivity contribution in [2.75, 3.05) is 5.32 Å². The Hall–Kier alpha value is -2.75. The van der Waals surface area contributed by atoms with Gasteiger partial charge in [-0.1, -0.05) is 24.3 Å². The Balaban J connectivity index is 1.66. The summed E-state index contributed by atoms with van der Waals surface area (Å²) in [6, 6.07) is 15.6. The molecule has 1 heterocycles. The molecule has 0 radical (unpaired) electrons. The SMILES string of the molecule is Oc1cccc(CNc2cccc(Cn3ccnc3)c2)c1. The lowest BCUT2D eigenvalue weighted by Gasteiger charge is -2.09. The van der Waals surface area contributed by atoms with Crippen LogP contribution < -0.4 is 5.32 Å². The summed E-state index contributed by atoms with van der Waals surface area (Å²) >= 11 is 0. The van der Waals surface area contributed by atoms with Crippen molar-refractivity contribution in [2.45, 2.75) is 13.1 Å². The summed E-state index contributed by atoms with van der Waals surface area (Å²) in [6.07, 6.45) is 5.55. The largest absolute Gasteiger partial charge is 0.508 e. The summed E-state index contributed by atoms with van der Waals surface area (Å²) in [5.41, 5.74) is 3.33. The maximum absolute atomic E-state index is 9.46. The molecular formula is C17H17N3O. The zero-order valence-electron chi connectivity index (χ0n) is 11.6. The normalized spacial score (nSPS) is 10.5. The van der Waals surface area contributed by atoms with Gasteiger partial charge in [0.15, 0.2) is 0 Å². The molecule has 0 aliphatic heterocycles. The predicted molar refractivity (Wildman–Crippen MR) is 83.2 cm³/mol. The lowest BCUT2D eigenvalue weighted by Crippen LogP contribution is -2.01. The molecule has 0 saturated carbocycles. The maximum atomic E-state index is 9.46. The van der Waals surface area contributed by atoms with E-state index in [1.54, 1.807) is 18.3 Å². The second kappa shape index (κ2) is 6.13. The number of hydrogen-bond acceptors (Lipinski definition) is 3. The van der Waals surface area contributed by atoms with Crippen molar-refractivity contribution in [2.24, 2.45) is 0 Å². The van der Waals surface area contributed by atoms with Crippen LogP contribution in [0.25, 0.3) is 0 Å². The van der Waals surface area contributed by atoms with Crippen LogP contribution in [0.1, 0.15) is 11.1 Å². The number of rotatable bonds is 5. The van der Waals surface area contributed by atoms with Gasteiger partial charge in [0.1, 0.15) is 5.75 Å². The minimum absolute atomic E-state index is 0.295. The highest BCUT2D eigenvalue weighted by Gasteiger charge is 1.99. The van der Waals surface area contributed by atoms with Crippen molar-refractivity contribution in [3.63, 3.8) is 0 Å². The zero-order chi connectivity index (χ0) is 14.5. The van der Waals surface area contributed by atoms with Crippen LogP contribution in [0, 0.1) is 0 Å². The molecule has 0 bridgehead atoms. The Morgan fingerprint density at radius 2 is 1.90 bits per heavy atom. The standard InChI is InChI=1S/C17H17N3O/c21-17-6-2-3-14(10-17)11-19-16-5-1-4-15(9-16)12-20-8-7-18-13-20/h1-10,13,19,21H,11-12H2. The number of nitrogens with one attached hydrogen (secondary N) is 1. The first kappa shape index (κ1) is 13.2. The van der Waals surface area contributed by atoms with Gasteiger partial charge in [-0.15, -0.1) is 0 Å². The molecule has 21 heavy (non-hydrogen) atoms. The molecule has 4 nitrogen and oxygen atoms in total. The number of aromatic hydroxyl groups is 1. The van der Waals surface area contributed by atoms with Gasteiger partial charge >= 0.3 is 0 Å². The van der Waals surface area contributed by atoms with Crippen LogP contribution in [0.4, 0.5) is 5.69 Å². The van der Waals surface area contributed by atoms with Gasteiger partial charge in [-0.3, -0.25) is 0 Å². The molecule has 0 unspecified atom stereocenters. The highest BCUT2D eigenvalue weighted by atomic mass is 16.3. The third-order valence-electron chi connectivity index (χ3n) is 3.26. The van der Waals surface area contributed by atoms with Gasteiger partial charge in [0.2, 0.25) is 0 Å². The van der Waals surface area contributed by atoms with Gasteiger partial charge in [-0.25, -0.2) is 4.98 Å². The summed E-state index contributed by atoms with van der Waals surface area (Å²) < 4.78 is 2.04. The highest BCUT2D eigenvalue weighted by molar-refractivity contribution is 5.46.